The van der Waals surface area contributed by atoms with Crippen LogP contribution in [0.3, 0.4) is 0 Å². The van der Waals surface area contributed by atoms with Crippen molar-refractivity contribution in [2.24, 2.45) is 5.92 Å². The molecule has 2 aliphatic rings. The smallest absolute Gasteiger partial charge is 0.250 e. The quantitative estimate of drug-likeness (QED) is 0.832. The van der Waals surface area contributed by atoms with Gasteiger partial charge in [-0.2, -0.15) is 0 Å². The number of nitrogens with zero attached hydrogens (tertiary/aromatic N) is 3. The number of anilines is 1. The summed E-state index contributed by atoms with van der Waals surface area (Å²) in [7, 11) is 0. The van der Waals surface area contributed by atoms with Crippen LogP contribution in [-0.4, -0.2) is 40.3 Å². The Labute approximate surface area is 124 Å². The van der Waals surface area contributed by atoms with Crippen molar-refractivity contribution in [3.63, 3.8) is 0 Å². The van der Waals surface area contributed by atoms with Crippen LogP contribution in [0.2, 0.25) is 0 Å². The van der Waals surface area contributed by atoms with E-state index in [1.54, 1.807) is 22.2 Å². The molecule has 0 aliphatic carbocycles. The predicted octanol–water partition coefficient (Wildman–Crippen LogP) is 1.75. The Morgan fingerprint density at radius 2 is 2.00 bits per heavy atom. The third-order valence-corrected chi connectivity index (χ3v) is 4.36. The lowest BCUT2D eigenvalue weighted by Gasteiger charge is -2.43. The fraction of sp³-hybridized carbons (Fsp3) is 0.562. The monoisotopic (exact) mass is 287 g/mol. The van der Waals surface area contributed by atoms with Crippen molar-refractivity contribution in [1.82, 2.24) is 9.88 Å². The summed E-state index contributed by atoms with van der Waals surface area (Å²) in [5.41, 5.74) is 1.72. The van der Waals surface area contributed by atoms with E-state index < -0.39 is 6.04 Å². The predicted molar refractivity (Wildman–Crippen MR) is 79.8 cm³/mol. The summed E-state index contributed by atoms with van der Waals surface area (Å²) < 4.78 is 0. The molecule has 3 heterocycles. The Hall–Kier alpha value is -1.91. The first-order valence-corrected chi connectivity index (χ1v) is 7.56. The highest BCUT2D eigenvalue weighted by Gasteiger charge is 2.49. The number of rotatable bonds is 2. The molecule has 5 nitrogen and oxygen atoms in total. The minimum atomic E-state index is -0.421. The van der Waals surface area contributed by atoms with E-state index >= 15 is 0 Å². The van der Waals surface area contributed by atoms with Gasteiger partial charge in [0.25, 0.3) is 5.91 Å². The Morgan fingerprint density at radius 3 is 2.67 bits per heavy atom. The normalized spacial score (nSPS) is 25.7. The number of carbonyl (C=O) groups excluding carboxylic acids is 2. The van der Waals surface area contributed by atoms with Gasteiger partial charge in [0.15, 0.2) is 0 Å². The van der Waals surface area contributed by atoms with Crippen molar-refractivity contribution in [3.8, 4) is 0 Å². The molecule has 2 atom stereocenters. The molecule has 3 rings (SSSR count). The summed E-state index contributed by atoms with van der Waals surface area (Å²) in [5.74, 6) is 0.190. The number of aryl methyl sites for hydroxylation is 1. The topological polar surface area (TPSA) is 53.5 Å². The maximum Gasteiger partial charge on any atom is 0.250 e. The van der Waals surface area contributed by atoms with Gasteiger partial charge in [0.2, 0.25) is 5.91 Å². The van der Waals surface area contributed by atoms with Gasteiger partial charge in [0.05, 0.1) is 11.9 Å². The van der Waals surface area contributed by atoms with Gasteiger partial charge in [-0.3, -0.25) is 19.5 Å². The van der Waals surface area contributed by atoms with E-state index in [9.17, 15) is 9.59 Å². The van der Waals surface area contributed by atoms with Crippen molar-refractivity contribution >= 4 is 17.5 Å². The van der Waals surface area contributed by atoms with E-state index in [-0.39, 0.29) is 23.8 Å². The van der Waals surface area contributed by atoms with Crippen molar-refractivity contribution in [3.05, 3.63) is 24.0 Å². The second-order valence-corrected chi connectivity index (χ2v) is 6.31. The molecule has 0 spiro atoms. The van der Waals surface area contributed by atoms with E-state index in [1.807, 2.05) is 26.8 Å². The molecule has 2 saturated heterocycles. The second-order valence-electron chi connectivity index (χ2n) is 6.31. The summed E-state index contributed by atoms with van der Waals surface area (Å²) >= 11 is 0. The van der Waals surface area contributed by atoms with Gasteiger partial charge >= 0.3 is 0 Å². The van der Waals surface area contributed by atoms with E-state index in [0.717, 1.165) is 24.1 Å². The number of pyridine rings is 1. The van der Waals surface area contributed by atoms with Gasteiger partial charge in [-0.25, -0.2) is 0 Å². The van der Waals surface area contributed by atoms with Crippen LogP contribution in [0.15, 0.2) is 18.5 Å². The highest BCUT2D eigenvalue weighted by molar-refractivity contribution is 6.08. The van der Waals surface area contributed by atoms with Gasteiger partial charge in [-0.15, -0.1) is 0 Å². The molecule has 2 amide bonds. The second kappa shape index (κ2) is 5.13. The number of hydrogen-bond acceptors (Lipinski definition) is 3. The van der Waals surface area contributed by atoms with Crippen LogP contribution in [0.5, 0.6) is 0 Å². The first kappa shape index (κ1) is 14.0. The minimum Gasteiger partial charge on any atom is -0.329 e. The zero-order valence-electron chi connectivity index (χ0n) is 12.7. The van der Waals surface area contributed by atoms with Crippen LogP contribution < -0.4 is 4.90 Å². The fourth-order valence-corrected chi connectivity index (χ4v) is 3.41. The van der Waals surface area contributed by atoms with Crippen molar-refractivity contribution in [1.29, 1.82) is 0 Å². The maximum absolute atomic E-state index is 12.9. The average Bonchev–Trinajstić information content (AvgIpc) is 2.92. The van der Waals surface area contributed by atoms with Crippen LogP contribution in [0.4, 0.5) is 5.69 Å². The zero-order chi connectivity index (χ0) is 15.1. The molecule has 0 bridgehead atoms. The molecule has 2 unspecified atom stereocenters. The molecule has 2 fully saturated rings. The largest absolute Gasteiger partial charge is 0.329 e. The lowest BCUT2D eigenvalue weighted by Crippen LogP contribution is -2.64. The number of amides is 2. The molecule has 0 N–H and O–H groups in total. The maximum atomic E-state index is 12.9. The van der Waals surface area contributed by atoms with Gasteiger partial charge in [-0.1, -0.05) is 13.8 Å². The highest BCUT2D eigenvalue weighted by atomic mass is 16.2. The molecule has 5 heteroatoms. The molecular formula is C16H21N3O2. The first-order valence-electron chi connectivity index (χ1n) is 7.56. The highest BCUT2D eigenvalue weighted by Crippen LogP contribution is 2.33. The Balaban J connectivity index is 2.06. The number of hydrogen-bond donors (Lipinski definition) is 0. The number of carbonyl (C=O) groups is 2. The Bertz CT molecular complexity index is 585. The molecule has 0 radical (unpaired) electrons. The number of aromatic nitrogens is 1. The summed E-state index contributed by atoms with van der Waals surface area (Å²) in [4.78, 5) is 33.3. The lowest BCUT2D eigenvalue weighted by atomic mass is 9.95. The number of fused-ring (bicyclic) bond motifs is 1. The minimum absolute atomic E-state index is 0.0400. The SMILES string of the molecule is Cc1cncc(N2C(=O)C3CCCN3C(=O)C2C(C)C)c1. The summed E-state index contributed by atoms with van der Waals surface area (Å²) in [5, 5.41) is 0. The van der Waals surface area contributed by atoms with Crippen LogP contribution in [0, 0.1) is 12.8 Å². The lowest BCUT2D eigenvalue weighted by molar-refractivity contribution is -0.145. The third-order valence-electron chi connectivity index (χ3n) is 4.36. The van der Waals surface area contributed by atoms with Crippen LogP contribution >= 0.6 is 0 Å². The van der Waals surface area contributed by atoms with Crippen molar-refractivity contribution in [2.45, 2.75) is 45.7 Å². The van der Waals surface area contributed by atoms with E-state index in [0.29, 0.717) is 6.54 Å². The molecular weight excluding hydrogens is 266 g/mol. The van der Waals surface area contributed by atoms with Gasteiger partial charge in [0.1, 0.15) is 12.1 Å². The van der Waals surface area contributed by atoms with E-state index in [4.69, 9.17) is 0 Å². The molecule has 1 aromatic rings. The fourth-order valence-electron chi connectivity index (χ4n) is 3.41. The summed E-state index contributed by atoms with van der Waals surface area (Å²) in [6.45, 7) is 6.63. The van der Waals surface area contributed by atoms with Gasteiger partial charge in [0, 0.05) is 12.7 Å². The first-order chi connectivity index (χ1) is 10.0. The van der Waals surface area contributed by atoms with Gasteiger partial charge < -0.3 is 4.90 Å². The van der Waals surface area contributed by atoms with Crippen LogP contribution in [0.1, 0.15) is 32.3 Å². The standard InChI is InChI=1S/C16H21N3O2/c1-10(2)14-16(21)18-6-4-5-13(18)15(20)19(14)12-7-11(3)8-17-9-12/h7-10,13-14H,4-6H2,1-3H3. The number of piperazine rings is 1. The molecule has 112 valence electrons. The molecule has 2 aliphatic heterocycles. The Kier molecular flexibility index (Phi) is 3.43. The third kappa shape index (κ3) is 2.20. The van der Waals surface area contributed by atoms with Crippen LogP contribution in [-0.2, 0) is 9.59 Å². The van der Waals surface area contributed by atoms with E-state index in [2.05, 4.69) is 4.98 Å². The summed E-state index contributed by atoms with van der Waals surface area (Å²) in [6, 6.07) is 1.22. The average molecular weight is 287 g/mol. The zero-order valence-corrected chi connectivity index (χ0v) is 12.7. The molecule has 0 saturated carbocycles. The van der Waals surface area contributed by atoms with Crippen molar-refractivity contribution in [2.75, 3.05) is 11.4 Å². The van der Waals surface area contributed by atoms with Gasteiger partial charge in [-0.05, 0) is 37.3 Å². The Morgan fingerprint density at radius 1 is 1.24 bits per heavy atom. The van der Waals surface area contributed by atoms with Crippen LogP contribution in [0.25, 0.3) is 0 Å². The summed E-state index contributed by atoms with van der Waals surface area (Å²) in [6.07, 6.45) is 5.11. The van der Waals surface area contributed by atoms with E-state index in [1.165, 1.54) is 0 Å². The molecule has 0 aromatic carbocycles. The molecule has 21 heavy (non-hydrogen) atoms. The molecule has 1 aromatic heterocycles. The van der Waals surface area contributed by atoms with Crippen molar-refractivity contribution < 1.29 is 9.59 Å².